The van der Waals surface area contributed by atoms with Gasteiger partial charge in [0.25, 0.3) is 0 Å². The molecule has 1 unspecified atom stereocenters. The van der Waals surface area contributed by atoms with Gasteiger partial charge in [0.05, 0.1) is 6.04 Å². The van der Waals surface area contributed by atoms with Crippen molar-refractivity contribution >= 4 is 0 Å². The molecule has 1 aliphatic heterocycles. The summed E-state index contributed by atoms with van der Waals surface area (Å²) < 4.78 is 5.52. The first kappa shape index (κ1) is 7.62. The van der Waals surface area contributed by atoms with E-state index in [1.54, 1.807) is 0 Å². The minimum absolute atomic E-state index is 0.376. The van der Waals surface area contributed by atoms with Gasteiger partial charge in [0, 0.05) is 5.56 Å². The maximum absolute atomic E-state index is 5.52. The molecule has 1 N–H and O–H groups in total. The molecule has 12 heavy (non-hydrogen) atoms. The largest absolute Gasteiger partial charge is 0.491 e. The smallest absolute Gasteiger partial charge is 0.124 e. The number of nitrogens with one attached hydrogen (secondary N) is 1. The molecule has 0 amide bonds. The number of likely N-dealkylation sites (N-methyl/N-ethyl adjacent to an activating group) is 1. The van der Waals surface area contributed by atoms with Crippen LogP contribution >= 0.6 is 0 Å². The van der Waals surface area contributed by atoms with E-state index in [4.69, 9.17) is 4.74 Å². The number of benzene rings is 1. The maximum Gasteiger partial charge on any atom is 0.124 e. The molecule has 2 rings (SSSR count). The van der Waals surface area contributed by atoms with Crippen molar-refractivity contribution in [2.45, 2.75) is 13.0 Å². The molecule has 0 bridgehead atoms. The molecular formula is C10H13NO. The standard InChI is InChI=1S/C10H13NO/c1-7-3-4-8-9(11-2)6-12-10(8)5-7/h3-5,9,11H,6H2,1-2H3. The van der Waals surface area contributed by atoms with E-state index in [9.17, 15) is 0 Å². The van der Waals surface area contributed by atoms with Crippen molar-refractivity contribution in [2.24, 2.45) is 0 Å². The fraction of sp³-hybridized carbons (Fsp3) is 0.400. The lowest BCUT2D eigenvalue weighted by molar-refractivity contribution is 0.318. The van der Waals surface area contributed by atoms with Crippen LogP contribution in [-0.4, -0.2) is 13.7 Å². The first-order chi connectivity index (χ1) is 5.81. The highest BCUT2D eigenvalue weighted by atomic mass is 16.5. The van der Waals surface area contributed by atoms with Gasteiger partial charge in [-0.25, -0.2) is 0 Å². The minimum Gasteiger partial charge on any atom is -0.491 e. The van der Waals surface area contributed by atoms with Crippen molar-refractivity contribution in [1.29, 1.82) is 0 Å². The van der Waals surface area contributed by atoms with Gasteiger partial charge >= 0.3 is 0 Å². The Bertz CT molecular complexity index is 296. The van der Waals surface area contributed by atoms with E-state index < -0.39 is 0 Å². The second-order valence-corrected chi connectivity index (χ2v) is 3.19. The van der Waals surface area contributed by atoms with Crippen LogP contribution in [0.5, 0.6) is 5.75 Å². The molecule has 2 nitrogen and oxygen atoms in total. The van der Waals surface area contributed by atoms with Gasteiger partial charge in [0.1, 0.15) is 12.4 Å². The fourth-order valence-corrected chi connectivity index (χ4v) is 1.56. The summed E-state index contributed by atoms with van der Waals surface area (Å²) in [6, 6.07) is 6.73. The summed E-state index contributed by atoms with van der Waals surface area (Å²) in [6.45, 7) is 2.84. The molecule has 0 radical (unpaired) electrons. The molecule has 1 aromatic rings. The van der Waals surface area contributed by atoms with Crippen molar-refractivity contribution in [3.8, 4) is 5.75 Å². The van der Waals surface area contributed by atoms with Crippen LogP contribution in [0.4, 0.5) is 0 Å². The molecule has 64 valence electrons. The van der Waals surface area contributed by atoms with E-state index in [0.717, 1.165) is 12.4 Å². The van der Waals surface area contributed by atoms with E-state index in [1.165, 1.54) is 11.1 Å². The summed E-state index contributed by atoms with van der Waals surface area (Å²) in [7, 11) is 1.96. The van der Waals surface area contributed by atoms with E-state index >= 15 is 0 Å². The molecule has 1 aliphatic rings. The summed E-state index contributed by atoms with van der Waals surface area (Å²) in [5, 5.41) is 3.21. The number of fused-ring (bicyclic) bond motifs is 1. The Hall–Kier alpha value is -1.02. The van der Waals surface area contributed by atoms with Crippen LogP contribution in [0.3, 0.4) is 0 Å². The topological polar surface area (TPSA) is 21.3 Å². The van der Waals surface area contributed by atoms with Crippen LogP contribution in [0.25, 0.3) is 0 Å². The number of aryl methyl sites for hydroxylation is 1. The third kappa shape index (κ3) is 1.08. The molecule has 0 saturated carbocycles. The van der Waals surface area contributed by atoms with E-state index in [-0.39, 0.29) is 0 Å². The zero-order valence-corrected chi connectivity index (χ0v) is 7.42. The SMILES string of the molecule is CNC1COc2cc(C)ccc21. The lowest BCUT2D eigenvalue weighted by Crippen LogP contribution is -2.16. The van der Waals surface area contributed by atoms with Gasteiger partial charge in [-0.2, -0.15) is 0 Å². The number of rotatable bonds is 1. The molecule has 0 fully saturated rings. The van der Waals surface area contributed by atoms with Crippen molar-refractivity contribution < 1.29 is 4.74 Å². The molecule has 0 aliphatic carbocycles. The zero-order valence-electron chi connectivity index (χ0n) is 7.42. The van der Waals surface area contributed by atoms with Crippen LogP contribution in [-0.2, 0) is 0 Å². The van der Waals surface area contributed by atoms with Gasteiger partial charge < -0.3 is 10.1 Å². The summed E-state index contributed by atoms with van der Waals surface area (Å²) >= 11 is 0. The second kappa shape index (κ2) is 2.79. The third-order valence-electron chi connectivity index (χ3n) is 2.30. The summed E-state index contributed by atoms with van der Waals surface area (Å²) in [5.74, 6) is 1.04. The summed E-state index contributed by atoms with van der Waals surface area (Å²) in [4.78, 5) is 0. The van der Waals surface area contributed by atoms with Gasteiger partial charge in [0.2, 0.25) is 0 Å². The molecule has 0 aromatic heterocycles. The Morgan fingerprint density at radius 2 is 2.33 bits per heavy atom. The van der Waals surface area contributed by atoms with Crippen LogP contribution in [0.1, 0.15) is 17.2 Å². The van der Waals surface area contributed by atoms with E-state index in [1.807, 2.05) is 7.05 Å². The van der Waals surface area contributed by atoms with Crippen LogP contribution < -0.4 is 10.1 Å². The summed E-state index contributed by atoms with van der Waals surface area (Å²) in [6.07, 6.45) is 0. The van der Waals surface area contributed by atoms with Crippen LogP contribution in [0, 0.1) is 6.92 Å². The molecule has 1 aromatic carbocycles. The molecule has 2 heteroatoms. The first-order valence-corrected chi connectivity index (χ1v) is 4.22. The van der Waals surface area contributed by atoms with Gasteiger partial charge in [-0.1, -0.05) is 12.1 Å². The predicted octanol–water partition coefficient (Wildman–Crippen LogP) is 1.65. The Morgan fingerprint density at radius 3 is 3.08 bits per heavy atom. The van der Waals surface area contributed by atoms with E-state index in [2.05, 4.69) is 30.4 Å². The molecular weight excluding hydrogens is 150 g/mol. The predicted molar refractivity (Wildman–Crippen MR) is 48.5 cm³/mol. The molecule has 0 saturated heterocycles. The van der Waals surface area contributed by atoms with Crippen molar-refractivity contribution in [1.82, 2.24) is 5.32 Å². The average Bonchev–Trinajstić information content (AvgIpc) is 2.46. The quantitative estimate of drug-likeness (QED) is 0.679. The summed E-state index contributed by atoms with van der Waals surface area (Å²) in [5.41, 5.74) is 2.54. The van der Waals surface area contributed by atoms with Gasteiger partial charge in [-0.15, -0.1) is 0 Å². The highest BCUT2D eigenvalue weighted by Crippen LogP contribution is 2.32. The van der Waals surface area contributed by atoms with Crippen LogP contribution in [0.15, 0.2) is 18.2 Å². The van der Waals surface area contributed by atoms with Gasteiger partial charge in [-0.3, -0.25) is 0 Å². The lowest BCUT2D eigenvalue weighted by atomic mass is 10.1. The monoisotopic (exact) mass is 163 g/mol. The third-order valence-corrected chi connectivity index (χ3v) is 2.30. The highest BCUT2D eigenvalue weighted by Gasteiger charge is 2.21. The van der Waals surface area contributed by atoms with Crippen molar-refractivity contribution in [2.75, 3.05) is 13.7 Å². The van der Waals surface area contributed by atoms with E-state index in [0.29, 0.717) is 6.04 Å². The Labute approximate surface area is 72.5 Å². The van der Waals surface area contributed by atoms with Gasteiger partial charge in [0.15, 0.2) is 0 Å². The average molecular weight is 163 g/mol. The first-order valence-electron chi connectivity index (χ1n) is 4.22. The second-order valence-electron chi connectivity index (χ2n) is 3.19. The molecule has 1 atom stereocenters. The minimum atomic E-state index is 0.376. The number of ether oxygens (including phenoxy) is 1. The highest BCUT2D eigenvalue weighted by molar-refractivity contribution is 5.41. The Balaban J connectivity index is 2.40. The van der Waals surface area contributed by atoms with Crippen LogP contribution in [0.2, 0.25) is 0 Å². The molecule has 0 spiro atoms. The normalized spacial score (nSPS) is 20.3. The maximum atomic E-state index is 5.52. The Morgan fingerprint density at radius 1 is 1.50 bits per heavy atom. The number of hydrogen-bond donors (Lipinski definition) is 1. The fourth-order valence-electron chi connectivity index (χ4n) is 1.56. The number of hydrogen-bond acceptors (Lipinski definition) is 2. The van der Waals surface area contributed by atoms with Gasteiger partial charge in [-0.05, 0) is 25.6 Å². The van der Waals surface area contributed by atoms with Crippen molar-refractivity contribution in [3.05, 3.63) is 29.3 Å². The van der Waals surface area contributed by atoms with Crippen molar-refractivity contribution in [3.63, 3.8) is 0 Å². The lowest BCUT2D eigenvalue weighted by Gasteiger charge is -2.05. The zero-order chi connectivity index (χ0) is 8.55. The Kier molecular flexibility index (Phi) is 1.77. The molecule has 1 heterocycles.